The van der Waals surface area contributed by atoms with Crippen LogP contribution in [0, 0.1) is 0 Å². The second kappa shape index (κ2) is 7.87. The van der Waals surface area contributed by atoms with Crippen LogP contribution in [0.3, 0.4) is 0 Å². The fourth-order valence-electron chi connectivity index (χ4n) is 2.08. The number of rotatable bonds is 5. The minimum atomic E-state index is -0.668. The number of methoxy groups -OCH3 is 3. The minimum Gasteiger partial charge on any atom is -0.493 e. The molecule has 0 aliphatic carbocycles. The number of urea groups is 1. The van der Waals surface area contributed by atoms with Gasteiger partial charge in [-0.1, -0.05) is 18.2 Å². The number of hydrogen-bond acceptors (Lipinski definition) is 5. The van der Waals surface area contributed by atoms with Gasteiger partial charge in [0.05, 0.1) is 27.0 Å². The van der Waals surface area contributed by atoms with Gasteiger partial charge in [0, 0.05) is 17.7 Å². The SMILES string of the molecule is COc1cc(NC(=O)NC(=O)c2ccccc2)cc(OC)c1OC. The third-order valence-corrected chi connectivity index (χ3v) is 3.19. The maximum atomic E-state index is 12.0. The maximum Gasteiger partial charge on any atom is 0.326 e. The fraction of sp³-hybridized carbons (Fsp3) is 0.176. The number of ether oxygens (including phenoxy) is 3. The van der Waals surface area contributed by atoms with Gasteiger partial charge in [0.15, 0.2) is 11.5 Å². The van der Waals surface area contributed by atoms with Crippen LogP contribution in [0.4, 0.5) is 10.5 Å². The van der Waals surface area contributed by atoms with E-state index in [1.807, 2.05) is 0 Å². The van der Waals surface area contributed by atoms with E-state index in [2.05, 4.69) is 10.6 Å². The first-order valence-corrected chi connectivity index (χ1v) is 7.06. The Hall–Kier alpha value is -3.22. The lowest BCUT2D eigenvalue weighted by molar-refractivity contribution is 0.0967. The van der Waals surface area contributed by atoms with Gasteiger partial charge < -0.3 is 19.5 Å². The van der Waals surface area contributed by atoms with Crippen molar-refractivity contribution in [2.24, 2.45) is 0 Å². The zero-order chi connectivity index (χ0) is 17.5. The molecule has 126 valence electrons. The van der Waals surface area contributed by atoms with Crippen molar-refractivity contribution in [1.82, 2.24) is 5.32 Å². The largest absolute Gasteiger partial charge is 0.493 e. The molecule has 0 bridgehead atoms. The van der Waals surface area contributed by atoms with Gasteiger partial charge in [-0.3, -0.25) is 10.1 Å². The summed E-state index contributed by atoms with van der Waals surface area (Å²) in [6, 6.07) is 10.9. The van der Waals surface area contributed by atoms with Crippen LogP contribution in [0.1, 0.15) is 10.4 Å². The summed E-state index contributed by atoms with van der Waals surface area (Å²) in [5.74, 6) is 0.690. The molecule has 0 atom stereocenters. The van der Waals surface area contributed by atoms with Crippen molar-refractivity contribution in [1.29, 1.82) is 0 Å². The van der Waals surface area contributed by atoms with E-state index in [0.29, 0.717) is 28.5 Å². The molecular weight excluding hydrogens is 312 g/mol. The number of hydrogen-bond donors (Lipinski definition) is 2. The molecule has 2 aromatic carbocycles. The zero-order valence-corrected chi connectivity index (χ0v) is 13.6. The Morgan fingerprint density at radius 3 is 1.96 bits per heavy atom. The third-order valence-electron chi connectivity index (χ3n) is 3.19. The molecule has 2 rings (SSSR count). The van der Waals surface area contributed by atoms with E-state index < -0.39 is 11.9 Å². The quantitative estimate of drug-likeness (QED) is 0.880. The van der Waals surface area contributed by atoms with Crippen LogP contribution in [0.2, 0.25) is 0 Å². The highest BCUT2D eigenvalue weighted by Crippen LogP contribution is 2.39. The molecule has 24 heavy (non-hydrogen) atoms. The standard InChI is InChI=1S/C17H18N2O5/c1-22-13-9-12(10-14(23-2)15(13)24-3)18-17(21)19-16(20)11-7-5-4-6-8-11/h4-10H,1-3H3,(H2,18,19,20,21). The van der Waals surface area contributed by atoms with E-state index in [9.17, 15) is 9.59 Å². The summed E-state index contributed by atoms with van der Waals surface area (Å²) in [7, 11) is 4.43. The smallest absolute Gasteiger partial charge is 0.326 e. The van der Waals surface area contributed by atoms with E-state index in [0.717, 1.165) is 0 Å². The van der Waals surface area contributed by atoms with Gasteiger partial charge in [-0.25, -0.2) is 4.79 Å². The molecule has 3 amide bonds. The van der Waals surface area contributed by atoms with Crippen LogP contribution in [-0.4, -0.2) is 33.3 Å². The van der Waals surface area contributed by atoms with Crippen molar-refractivity contribution in [3.8, 4) is 17.2 Å². The van der Waals surface area contributed by atoms with Crippen molar-refractivity contribution >= 4 is 17.6 Å². The first-order valence-electron chi connectivity index (χ1n) is 7.06. The summed E-state index contributed by atoms with van der Waals surface area (Å²) in [6.07, 6.45) is 0. The summed E-state index contributed by atoms with van der Waals surface area (Å²) >= 11 is 0. The maximum absolute atomic E-state index is 12.0. The van der Waals surface area contributed by atoms with Crippen LogP contribution < -0.4 is 24.8 Å². The molecule has 0 unspecified atom stereocenters. The van der Waals surface area contributed by atoms with Crippen LogP contribution in [0.15, 0.2) is 42.5 Å². The van der Waals surface area contributed by atoms with Gasteiger partial charge in [0.25, 0.3) is 5.91 Å². The summed E-state index contributed by atoms with van der Waals surface area (Å²) in [6.45, 7) is 0. The molecule has 7 nitrogen and oxygen atoms in total. The number of nitrogens with one attached hydrogen (secondary N) is 2. The monoisotopic (exact) mass is 330 g/mol. The van der Waals surface area contributed by atoms with Gasteiger partial charge in [-0.15, -0.1) is 0 Å². The lowest BCUT2D eigenvalue weighted by Gasteiger charge is -2.14. The molecule has 0 aliphatic rings. The topological polar surface area (TPSA) is 85.9 Å². The first kappa shape index (κ1) is 17.1. The number of imide groups is 1. The summed E-state index contributed by atoms with van der Waals surface area (Å²) in [4.78, 5) is 23.9. The summed E-state index contributed by atoms with van der Waals surface area (Å²) < 4.78 is 15.6. The number of carbonyl (C=O) groups excluding carboxylic acids is 2. The molecule has 2 aromatic rings. The average molecular weight is 330 g/mol. The molecule has 0 radical (unpaired) electrons. The second-order valence-electron chi connectivity index (χ2n) is 4.69. The molecule has 0 fully saturated rings. The van der Waals surface area contributed by atoms with E-state index in [1.54, 1.807) is 42.5 Å². The highest BCUT2D eigenvalue weighted by Gasteiger charge is 2.15. The molecular formula is C17H18N2O5. The Morgan fingerprint density at radius 2 is 1.46 bits per heavy atom. The molecule has 0 heterocycles. The van der Waals surface area contributed by atoms with Gasteiger partial charge in [0.2, 0.25) is 5.75 Å². The van der Waals surface area contributed by atoms with Crippen LogP contribution in [0.25, 0.3) is 0 Å². The van der Waals surface area contributed by atoms with Crippen LogP contribution >= 0.6 is 0 Å². The number of carbonyl (C=O) groups is 2. The summed E-state index contributed by atoms with van der Waals surface area (Å²) in [5.41, 5.74) is 0.778. The predicted octanol–water partition coefficient (Wildman–Crippen LogP) is 2.67. The lowest BCUT2D eigenvalue weighted by Crippen LogP contribution is -2.34. The highest BCUT2D eigenvalue weighted by atomic mass is 16.5. The van der Waals surface area contributed by atoms with E-state index in [1.165, 1.54) is 21.3 Å². The van der Waals surface area contributed by atoms with Crippen molar-refractivity contribution in [3.05, 3.63) is 48.0 Å². The van der Waals surface area contributed by atoms with Gasteiger partial charge in [-0.2, -0.15) is 0 Å². The van der Waals surface area contributed by atoms with E-state index in [4.69, 9.17) is 14.2 Å². The van der Waals surface area contributed by atoms with Crippen LogP contribution in [-0.2, 0) is 0 Å². The Labute approximate surface area is 139 Å². The zero-order valence-electron chi connectivity index (χ0n) is 13.6. The van der Waals surface area contributed by atoms with Crippen molar-refractivity contribution in [2.75, 3.05) is 26.6 Å². The average Bonchev–Trinajstić information content (AvgIpc) is 2.61. The fourth-order valence-corrected chi connectivity index (χ4v) is 2.08. The lowest BCUT2D eigenvalue weighted by atomic mass is 10.2. The minimum absolute atomic E-state index is 0.387. The second-order valence-corrected chi connectivity index (χ2v) is 4.69. The predicted molar refractivity (Wildman–Crippen MR) is 89.0 cm³/mol. The van der Waals surface area contributed by atoms with E-state index in [-0.39, 0.29) is 0 Å². The van der Waals surface area contributed by atoms with Crippen molar-refractivity contribution in [3.63, 3.8) is 0 Å². The van der Waals surface area contributed by atoms with Gasteiger partial charge >= 0.3 is 6.03 Å². The molecule has 7 heteroatoms. The number of benzene rings is 2. The molecule has 0 aromatic heterocycles. The number of amides is 3. The Kier molecular flexibility index (Phi) is 5.62. The van der Waals surface area contributed by atoms with Gasteiger partial charge in [0.1, 0.15) is 0 Å². The number of anilines is 1. The third kappa shape index (κ3) is 3.95. The Bertz CT molecular complexity index is 706. The van der Waals surface area contributed by atoms with Gasteiger partial charge in [-0.05, 0) is 12.1 Å². The normalized spacial score (nSPS) is 9.79. The van der Waals surface area contributed by atoms with Crippen LogP contribution in [0.5, 0.6) is 17.2 Å². The molecule has 0 aliphatic heterocycles. The molecule has 0 saturated carbocycles. The Morgan fingerprint density at radius 1 is 0.875 bits per heavy atom. The highest BCUT2D eigenvalue weighted by molar-refractivity contribution is 6.08. The molecule has 0 saturated heterocycles. The summed E-state index contributed by atoms with van der Waals surface area (Å²) in [5, 5.41) is 4.80. The molecule has 2 N–H and O–H groups in total. The first-order chi connectivity index (χ1) is 11.6. The van der Waals surface area contributed by atoms with Crippen molar-refractivity contribution < 1.29 is 23.8 Å². The molecule has 0 spiro atoms. The Balaban J connectivity index is 2.13. The van der Waals surface area contributed by atoms with Crippen molar-refractivity contribution in [2.45, 2.75) is 0 Å². The van der Waals surface area contributed by atoms with E-state index >= 15 is 0 Å².